The number of anilines is 1. The molecule has 22 heavy (non-hydrogen) atoms. The van der Waals surface area contributed by atoms with Crippen LogP contribution in [0.3, 0.4) is 0 Å². The van der Waals surface area contributed by atoms with E-state index < -0.39 is 11.8 Å². The number of amides is 2. The lowest BCUT2D eigenvalue weighted by molar-refractivity contribution is -0.136. The van der Waals surface area contributed by atoms with Crippen LogP contribution in [0.25, 0.3) is 0 Å². The third-order valence-corrected chi connectivity index (χ3v) is 3.24. The molecule has 0 heterocycles. The second-order valence-electron chi connectivity index (χ2n) is 4.57. The Morgan fingerprint density at radius 2 is 1.82 bits per heavy atom. The Labute approximate surface area is 136 Å². The topological polar surface area (TPSA) is 70.6 Å². The Morgan fingerprint density at radius 1 is 1.09 bits per heavy atom. The molecule has 6 heteroatoms. The molecule has 5 nitrogen and oxygen atoms in total. The number of halogens is 1. The van der Waals surface area contributed by atoms with Gasteiger partial charge >= 0.3 is 11.8 Å². The number of hydrogen-bond donors (Lipinski definition) is 2. The van der Waals surface area contributed by atoms with E-state index >= 15 is 0 Å². The lowest BCUT2D eigenvalue weighted by Gasteiger charge is -2.04. The van der Waals surface area contributed by atoms with Gasteiger partial charge in [0.2, 0.25) is 0 Å². The predicted octanol–water partition coefficient (Wildman–Crippen LogP) is 2.85. The molecule has 2 N–H and O–H groups in total. The van der Waals surface area contributed by atoms with Gasteiger partial charge in [-0.15, -0.1) is 0 Å². The van der Waals surface area contributed by atoms with Crippen LogP contribution in [0, 0.1) is 6.92 Å². The number of nitrogens with zero attached hydrogens (tertiary/aromatic N) is 1. The molecule has 2 amide bonds. The summed E-state index contributed by atoms with van der Waals surface area (Å²) in [5.74, 6) is -1.60. The summed E-state index contributed by atoms with van der Waals surface area (Å²) >= 11 is 3.34. The van der Waals surface area contributed by atoms with Crippen molar-refractivity contribution in [1.29, 1.82) is 0 Å². The highest BCUT2D eigenvalue weighted by atomic mass is 79.9. The monoisotopic (exact) mass is 359 g/mol. The summed E-state index contributed by atoms with van der Waals surface area (Å²) < 4.78 is 0.903. The molecule has 0 saturated heterocycles. The molecule has 2 aromatic carbocycles. The summed E-state index contributed by atoms with van der Waals surface area (Å²) in [5, 5.41) is 6.25. The van der Waals surface area contributed by atoms with Crippen LogP contribution in [0.15, 0.2) is 58.1 Å². The zero-order valence-electron chi connectivity index (χ0n) is 11.8. The standard InChI is InChI=1S/C16H14BrN3O2/c1-11-5-7-14(8-6-11)19-15(21)16(22)20-18-10-12-3-2-4-13(17)9-12/h2-10H,1H3,(H,19,21)(H,20,22)/b18-10+. The van der Waals surface area contributed by atoms with Crippen molar-refractivity contribution in [2.75, 3.05) is 5.32 Å². The number of carbonyl (C=O) groups excluding carboxylic acids is 2. The second kappa shape index (κ2) is 7.51. The van der Waals surface area contributed by atoms with Crippen molar-refractivity contribution in [3.63, 3.8) is 0 Å². The van der Waals surface area contributed by atoms with E-state index in [9.17, 15) is 9.59 Å². The lowest BCUT2D eigenvalue weighted by atomic mass is 10.2. The molecule has 0 bridgehead atoms. The van der Waals surface area contributed by atoms with Crippen molar-refractivity contribution >= 4 is 39.6 Å². The van der Waals surface area contributed by atoms with E-state index in [0.717, 1.165) is 15.6 Å². The van der Waals surface area contributed by atoms with E-state index in [-0.39, 0.29) is 0 Å². The zero-order chi connectivity index (χ0) is 15.9. The first-order chi connectivity index (χ1) is 10.5. The predicted molar refractivity (Wildman–Crippen MR) is 89.7 cm³/mol. The van der Waals surface area contributed by atoms with Gasteiger partial charge in [0, 0.05) is 10.2 Å². The molecule has 0 aromatic heterocycles. The number of aryl methyl sites for hydroxylation is 1. The van der Waals surface area contributed by atoms with E-state index in [2.05, 4.69) is 31.8 Å². The van der Waals surface area contributed by atoms with Gasteiger partial charge in [-0.3, -0.25) is 9.59 Å². The van der Waals surface area contributed by atoms with Crippen LogP contribution in [-0.4, -0.2) is 18.0 Å². The largest absolute Gasteiger partial charge is 0.329 e. The Balaban J connectivity index is 1.89. The van der Waals surface area contributed by atoms with Crippen LogP contribution in [0.5, 0.6) is 0 Å². The summed E-state index contributed by atoms with van der Waals surface area (Å²) in [4.78, 5) is 23.3. The maximum Gasteiger partial charge on any atom is 0.329 e. The highest BCUT2D eigenvalue weighted by molar-refractivity contribution is 9.10. The quantitative estimate of drug-likeness (QED) is 0.502. The van der Waals surface area contributed by atoms with Gasteiger partial charge in [0.1, 0.15) is 0 Å². The molecular weight excluding hydrogens is 346 g/mol. The van der Waals surface area contributed by atoms with Gasteiger partial charge in [-0.05, 0) is 36.8 Å². The van der Waals surface area contributed by atoms with Crippen molar-refractivity contribution in [2.45, 2.75) is 6.92 Å². The Bertz CT molecular complexity index is 712. The second-order valence-corrected chi connectivity index (χ2v) is 5.49. The lowest BCUT2D eigenvalue weighted by Crippen LogP contribution is -2.32. The van der Waals surface area contributed by atoms with E-state index in [1.165, 1.54) is 6.21 Å². The van der Waals surface area contributed by atoms with Crippen LogP contribution in [-0.2, 0) is 9.59 Å². The normalized spacial score (nSPS) is 10.5. The van der Waals surface area contributed by atoms with Crippen LogP contribution in [0.4, 0.5) is 5.69 Å². The molecule has 0 unspecified atom stereocenters. The Hall–Kier alpha value is -2.47. The fraction of sp³-hybridized carbons (Fsp3) is 0.0625. The summed E-state index contributed by atoms with van der Waals surface area (Å²) in [7, 11) is 0. The number of nitrogens with one attached hydrogen (secondary N) is 2. The number of rotatable bonds is 3. The summed E-state index contributed by atoms with van der Waals surface area (Å²) in [5.41, 5.74) is 4.61. The van der Waals surface area contributed by atoms with Crippen molar-refractivity contribution in [2.24, 2.45) is 5.10 Å². The third-order valence-electron chi connectivity index (χ3n) is 2.74. The molecule has 0 aliphatic carbocycles. The van der Waals surface area contributed by atoms with Crippen LogP contribution >= 0.6 is 15.9 Å². The minimum atomic E-state index is -0.827. The Kier molecular flexibility index (Phi) is 5.43. The molecule has 0 fully saturated rings. The van der Waals surface area contributed by atoms with Gasteiger partial charge in [-0.2, -0.15) is 5.10 Å². The van der Waals surface area contributed by atoms with E-state index in [0.29, 0.717) is 5.69 Å². The first kappa shape index (κ1) is 15.9. The average Bonchev–Trinajstić information content (AvgIpc) is 2.49. The molecular formula is C16H14BrN3O2. The zero-order valence-corrected chi connectivity index (χ0v) is 13.4. The molecule has 112 valence electrons. The summed E-state index contributed by atoms with van der Waals surface area (Å²) in [6.07, 6.45) is 1.46. The molecule has 0 radical (unpaired) electrons. The van der Waals surface area contributed by atoms with Crippen LogP contribution in [0.2, 0.25) is 0 Å². The van der Waals surface area contributed by atoms with Crippen molar-refractivity contribution in [1.82, 2.24) is 5.43 Å². The molecule has 2 aromatic rings. The molecule has 0 spiro atoms. The minimum Gasteiger partial charge on any atom is -0.318 e. The Morgan fingerprint density at radius 3 is 2.50 bits per heavy atom. The minimum absolute atomic E-state index is 0.557. The molecule has 2 rings (SSSR count). The first-order valence-corrected chi connectivity index (χ1v) is 7.30. The number of hydrazone groups is 1. The van der Waals surface area contributed by atoms with Gasteiger partial charge in [0.05, 0.1) is 6.21 Å². The van der Waals surface area contributed by atoms with E-state index in [1.54, 1.807) is 12.1 Å². The molecule has 0 saturated carbocycles. The van der Waals surface area contributed by atoms with Gasteiger partial charge in [0.25, 0.3) is 0 Å². The molecule has 0 aliphatic rings. The van der Waals surface area contributed by atoms with Crippen LogP contribution in [0.1, 0.15) is 11.1 Å². The number of hydrogen-bond acceptors (Lipinski definition) is 3. The van der Waals surface area contributed by atoms with E-state index in [4.69, 9.17) is 0 Å². The fourth-order valence-corrected chi connectivity index (χ4v) is 2.04. The van der Waals surface area contributed by atoms with Crippen molar-refractivity contribution in [3.8, 4) is 0 Å². The third kappa shape index (κ3) is 4.82. The summed E-state index contributed by atoms with van der Waals surface area (Å²) in [6.45, 7) is 1.94. The van der Waals surface area contributed by atoms with Gasteiger partial charge < -0.3 is 5.32 Å². The van der Waals surface area contributed by atoms with Gasteiger partial charge in [-0.25, -0.2) is 5.43 Å². The first-order valence-electron chi connectivity index (χ1n) is 6.51. The average molecular weight is 360 g/mol. The van der Waals surface area contributed by atoms with Crippen LogP contribution < -0.4 is 10.7 Å². The summed E-state index contributed by atoms with van der Waals surface area (Å²) in [6, 6.07) is 14.5. The van der Waals surface area contributed by atoms with Gasteiger partial charge in [0.15, 0.2) is 0 Å². The molecule has 0 atom stereocenters. The van der Waals surface area contributed by atoms with E-state index in [1.807, 2.05) is 43.3 Å². The molecule has 0 aliphatic heterocycles. The fourth-order valence-electron chi connectivity index (χ4n) is 1.63. The smallest absolute Gasteiger partial charge is 0.318 e. The highest BCUT2D eigenvalue weighted by Crippen LogP contribution is 2.10. The van der Waals surface area contributed by atoms with Gasteiger partial charge in [-0.1, -0.05) is 45.8 Å². The SMILES string of the molecule is Cc1ccc(NC(=O)C(=O)N/N=C/c2cccc(Br)c2)cc1. The van der Waals surface area contributed by atoms with Crippen molar-refractivity contribution in [3.05, 3.63) is 64.1 Å². The maximum absolute atomic E-state index is 11.7. The van der Waals surface area contributed by atoms with Crippen molar-refractivity contribution < 1.29 is 9.59 Å². The number of carbonyl (C=O) groups is 2. The maximum atomic E-state index is 11.7. The number of benzene rings is 2. The highest BCUT2D eigenvalue weighted by Gasteiger charge is 2.12.